The van der Waals surface area contributed by atoms with Crippen LogP contribution in [0.4, 0.5) is 15.0 Å². The zero-order valence-corrected chi connectivity index (χ0v) is 16.1. The van der Waals surface area contributed by atoms with Gasteiger partial charge >= 0.3 is 6.09 Å². The summed E-state index contributed by atoms with van der Waals surface area (Å²) in [5.74, 6) is 0.0565. The van der Waals surface area contributed by atoms with Gasteiger partial charge in [-0.25, -0.2) is 19.2 Å². The number of nitrogens with one attached hydrogen (secondary N) is 1. The number of carboxylic acid groups (broad SMARTS) is 1. The molecule has 1 atom stereocenters. The number of hydrogen-bond acceptors (Lipinski definition) is 5. The van der Waals surface area contributed by atoms with Crippen molar-refractivity contribution in [3.63, 3.8) is 0 Å². The van der Waals surface area contributed by atoms with Crippen molar-refractivity contribution in [2.24, 2.45) is 0 Å². The molecule has 1 aliphatic rings. The zero-order valence-electron chi connectivity index (χ0n) is 14.6. The minimum Gasteiger partial charge on any atom is -0.507 e. The number of amides is 1. The standard InChI is InChI=1S/C19H16BrFN4O3/c20-10-1-3-15-13(7-10)17(22-12-5-6-25(9-12)19(27)28)24-18(23-15)14-8-11(21)2-4-16(14)26/h1-4,7-8,12,26H,5-6,9H2,(H,27,28)(H,22,23,24). The lowest BCUT2D eigenvalue weighted by Crippen LogP contribution is -2.30. The van der Waals surface area contributed by atoms with Crippen molar-refractivity contribution in [2.75, 3.05) is 18.4 Å². The van der Waals surface area contributed by atoms with Gasteiger partial charge < -0.3 is 20.4 Å². The monoisotopic (exact) mass is 446 g/mol. The first kappa shape index (κ1) is 18.4. The van der Waals surface area contributed by atoms with Gasteiger partial charge in [0.25, 0.3) is 0 Å². The van der Waals surface area contributed by atoms with E-state index >= 15 is 0 Å². The molecule has 144 valence electrons. The number of anilines is 1. The highest BCUT2D eigenvalue weighted by molar-refractivity contribution is 9.10. The van der Waals surface area contributed by atoms with Crippen LogP contribution >= 0.6 is 15.9 Å². The fourth-order valence-corrected chi connectivity index (χ4v) is 3.62. The van der Waals surface area contributed by atoms with E-state index in [1.807, 2.05) is 12.1 Å². The summed E-state index contributed by atoms with van der Waals surface area (Å²) in [4.78, 5) is 21.5. The summed E-state index contributed by atoms with van der Waals surface area (Å²) in [6, 6.07) is 8.98. The smallest absolute Gasteiger partial charge is 0.407 e. The van der Waals surface area contributed by atoms with E-state index in [0.717, 1.165) is 15.9 Å². The highest BCUT2D eigenvalue weighted by atomic mass is 79.9. The lowest BCUT2D eigenvalue weighted by atomic mass is 10.1. The fourth-order valence-electron chi connectivity index (χ4n) is 3.26. The Kier molecular flexibility index (Phi) is 4.76. The van der Waals surface area contributed by atoms with Crippen molar-refractivity contribution < 1.29 is 19.4 Å². The number of phenolic OH excluding ortho intramolecular Hbond substituents is 1. The van der Waals surface area contributed by atoms with Crippen LogP contribution in [0.25, 0.3) is 22.3 Å². The predicted molar refractivity (Wildman–Crippen MR) is 106 cm³/mol. The van der Waals surface area contributed by atoms with E-state index in [-0.39, 0.29) is 23.2 Å². The maximum Gasteiger partial charge on any atom is 0.407 e. The lowest BCUT2D eigenvalue weighted by molar-refractivity contribution is 0.155. The Balaban J connectivity index is 1.78. The van der Waals surface area contributed by atoms with Gasteiger partial charge in [-0.05, 0) is 42.8 Å². The molecule has 1 unspecified atom stereocenters. The summed E-state index contributed by atoms with van der Waals surface area (Å²) in [6.07, 6.45) is -0.309. The number of likely N-dealkylation sites (tertiary alicyclic amines) is 1. The Morgan fingerprint density at radius 1 is 1.25 bits per heavy atom. The van der Waals surface area contributed by atoms with Gasteiger partial charge in [-0.1, -0.05) is 15.9 Å². The normalized spacial score (nSPS) is 16.5. The van der Waals surface area contributed by atoms with Crippen LogP contribution in [0.2, 0.25) is 0 Å². The SMILES string of the molecule is O=C(O)N1CCC(Nc2nc(-c3cc(F)ccc3O)nc3ccc(Br)cc23)C1. The maximum absolute atomic E-state index is 13.7. The third kappa shape index (κ3) is 3.57. The average molecular weight is 447 g/mol. The molecule has 4 rings (SSSR count). The molecule has 2 aromatic carbocycles. The van der Waals surface area contributed by atoms with E-state index in [0.29, 0.717) is 30.8 Å². The van der Waals surface area contributed by atoms with Gasteiger partial charge in [-0.3, -0.25) is 0 Å². The molecule has 3 N–H and O–H groups in total. The van der Waals surface area contributed by atoms with Crippen molar-refractivity contribution in [3.05, 3.63) is 46.7 Å². The van der Waals surface area contributed by atoms with Crippen LogP contribution in [0, 0.1) is 5.82 Å². The largest absolute Gasteiger partial charge is 0.507 e. The summed E-state index contributed by atoms with van der Waals surface area (Å²) in [5, 5.41) is 23.3. The quantitative estimate of drug-likeness (QED) is 0.560. The number of phenols is 1. The van der Waals surface area contributed by atoms with Crippen molar-refractivity contribution in [3.8, 4) is 17.1 Å². The Morgan fingerprint density at radius 3 is 2.82 bits per heavy atom. The van der Waals surface area contributed by atoms with Crippen LogP contribution in [-0.2, 0) is 0 Å². The van der Waals surface area contributed by atoms with Crippen LogP contribution in [0.15, 0.2) is 40.9 Å². The molecule has 1 fully saturated rings. The third-order valence-electron chi connectivity index (χ3n) is 4.66. The maximum atomic E-state index is 13.7. The van der Waals surface area contributed by atoms with E-state index in [9.17, 15) is 14.3 Å². The van der Waals surface area contributed by atoms with Crippen molar-refractivity contribution in [1.82, 2.24) is 14.9 Å². The topological polar surface area (TPSA) is 98.6 Å². The number of aromatic nitrogens is 2. The summed E-state index contributed by atoms with van der Waals surface area (Å²) >= 11 is 3.43. The van der Waals surface area contributed by atoms with E-state index in [2.05, 4.69) is 31.2 Å². The van der Waals surface area contributed by atoms with Crippen molar-refractivity contribution >= 4 is 38.7 Å². The number of aromatic hydroxyl groups is 1. The van der Waals surface area contributed by atoms with Gasteiger partial charge in [0, 0.05) is 29.0 Å². The molecule has 0 radical (unpaired) electrons. The Morgan fingerprint density at radius 2 is 2.07 bits per heavy atom. The molecule has 1 aromatic heterocycles. The second kappa shape index (κ2) is 7.23. The molecule has 9 heteroatoms. The summed E-state index contributed by atoms with van der Waals surface area (Å²) in [5.41, 5.74) is 0.805. The van der Waals surface area contributed by atoms with Gasteiger partial charge in [-0.15, -0.1) is 0 Å². The number of nitrogens with zero attached hydrogens (tertiary/aromatic N) is 3. The number of rotatable bonds is 3. The van der Waals surface area contributed by atoms with E-state index in [1.54, 1.807) is 6.07 Å². The Hall–Kier alpha value is -2.94. The molecule has 2 heterocycles. The fraction of sp³-hybridized carbons (Fsp3) is 0.211. The van der Waals surface area contributed by atoms with Crippen molar-refractivity contribution in [2.45, 2.75) is 12.5 Å². The van der Waals surface area contributed by atoms with E-state index < -0.39 is 11.9 Å². The van der Waals surface area contributed by atoms with Gasteiger partial charge in [0.15, 0.2) is 5.82 Å². The molecule has 7 nitrogen and oxygen atoms in total. The van der Waals surface area contributed by atoms with Crippen LogP contribution in [0.5, 0.6) is 5.75 Å². The zero-order chi connectivity index (χ0) is 19.8. The molecule has 1 aliphatic heterocycles. The summed E-state index contributed by atoms with van der Waals surface area (Å²) in [7, 11) is 0. The number of hydrogen-bond donors (Lipinski definition) is 3. The number of halogens is 2. The molecule has 1 saturated heterocycles. The molecule has 0 aliphatic carbocycles. The van der Waals surface area contributed by atoms with Crippen LogP contribution in [0.1, 0.15) is 6.42 Å². The summed E-state index contributed by atoms with van der Waals surface area (Å²) < 4.78 is 14.5. The first-order chi connectivity index (χ1) is 13.4. The highest BCUT2D eigenvalue weighted by Gasteiger charge is 2.27. The van der Waals surface area contributed by atoms with Crippen LogP contribution < -0.4 is 5.32 Å². The number of carbonyl (C=O) groups is 1. The molecular weight excluding hydrogens is 431 g/mol. The van der Waals surface area contributed by atoms with Gasteiger partial charge in [0.1, 0.15) is 17.4 Å². The third-order valence-corrected chi connectivity index (χ3v) is 5.15. The second-order valence-electron chi connectivity index (χ2n) is 6.58. The Bertz CT molecular complexity index is 1080. The number of benzene rings is 2. The van der Waals surface area contributed by atoms with Gasteiger partial charge in [0.05, 0.1) is 11.1 Å². The molecule has 0 saturated carbocycles. The minimum atomic E-state index is -0.954. The number of fused-ring (bicyclic) bond motifs is 1. The Labute approximate surface area is 168 Å². The molecule has 0 spiro atoms. The summed E-state index contributed by atoms with van der Waals surface area (Å²) in [6.45, 7) is 0.784. The molecule has 1 amide bonds. The average Bonchev–Trinajstić information content (AvgIpc) is 3.13. The first-order valence-corrected chi connectivity index (χ1v) is 9.40. The molecule has 3 aromatic rings. The van der Waals surface area contributed by atoms with E-state index in [4.69, 9.17) is 5.11 Å². The first-order valence-electron chi connectivity index (χ1n) is 8.61. The minimum absolute atomic E-state index is 0.109. The van der Waals surface area contributed by atoms with Crippen LogP contribution in [-0.4, -0.2) is 50.3 Å². The van der Waals surface area contributed by atoms with Gasteiger partial charge in [-0.2, -0.15) is 0 Å². The van der Waals surface area contributed by atoms with E-state index in [1.165, 1.54) is 17.0 Å². The molecule has 0 bridgehead atoms. The van der Waals surface area contributed by atoms with Gasteiger partial charge in [0.2, 0.25) is 0 Å². The van der Waals surface area contributed by atoms with Crippen molar-refractivity contribution in [1.29, 1.82) is 0 Å². The predicted octanol–water partition coefficient (Wildman–Crippen LogP) is 4.07. The highest BCUT2D eigenvalue weighted by Crippen LogP contribution is 2.32. The molecule has 28 heavy (non-hydrogen) atoms. The molecular formula is C19H16BrFN4O3. The lowest BCUT2D eigenvalue weighted by Gasteiger charge is -2.17. The second-order valence-corrected chi connectivity index (χ2v) is 7.49. The van der Waals surface area contributed by atoms with Crippen LogP contribution in [0.3, 0.4) is 0 Å².